The van der Waals surface area contributed by atoms with Crippen LogP contribution in [0, 0.1) is 0 Å². The van der Waals surface area contributed by atoms with Crippen molar-refractivity contribution in [1.29, 1.82) is 0 Å². The van der Waals surface area contributed by atoms with E-state index in [9.17, 15) is 0 Å². The Kier molecular flexibility index (Phi) is 3.18. The summed E-state index contributed by atoms with van der Waals surface area (Å²) in [7, 11) is 2.23. The lowest BCUT2D eigenvalue weighted by molar-refractivity contribution is 0.781. The maximum absolute atomic E-state index is 2.43. The summed E-state index contributed by atoms with van der Waals surface area (Å²) in [4.78, 5) is 0. The summed E-state index contributed by atoms with van der Waals surface area (Å²) in [5, 5.41) is 2.68. The SMILES string of the molecule is Cn1c2ccccc2c2ccc3c(c21)-c1ccccc1C31C2=C(CCC=C2)c2ccccc21. The molecule has 1 unspecified atom stereocenters. The molecule has 1 nitrogen and oxygen atoms in total. The zero-order chi connectivity index (χ0) is 21.7. The second kappa shape index (κ2) is 5.94. The number of allylic oxidation sites excluding steroid dienone is 4. The van der Waals surface area contributed by atoms with Crippen LogP contribution in [0.4, 0.5) is 0 Å². The number of hydrogen-bond donors (Lipinski definition) is 0. The van der Waals surface area contributed by atoms with Gasteiger partial charge in [-0.2, -0.15) is 0 Å². The molecule has 156 valence electrons. The third-order valence-corrected chi connectivity index (χ3v) is 8.30. The van der Waals surface area contributed by atoms with Crippen LogP contribution in [0.1, 0.15) is 35.1 Å². The maximum atomic E-state index is 2.43. The van der Waals surface area contributed by atoms with Gasteiger partial charge in [-0.05, 0) is 57.9 Å². The molecule has 1 atom stereocenters. The van der Waals surface area contributed by atoms with Crippen LogP contribution in [0.25, 0.3) is 38.5 Å². The van der Waals surface area contributed by atoms with Gasteiger partial charge in [0.15, 0.2) is 0 Å². The molecule has 3 aliphatic rings. The largest absolute Gasteiger partial charge is 0.343 e. The molecule has 1 aromatic heterocycles. The van der Waals surface area contributed by atoms with E-state index in [0.29, 0.717) is 0 Å². The molecule has 0 aliphatic heterocycles. The Morgan fingerprint density at radius 1 is 0.697 bits per heavy atom. The first-order valence-corrected chi connectivity index (χ1v) is 11.9. The number of nitrogens with zero attached hydrogens (tertiary/aromatic N) is 1. The first kappa shape index (κ1) is 17.7. The van der Waals surface area contributed by atoms with Gasteiger partial charge in [0.1, 0.15) is 0 Å². The zero-order valence-corrected chi connectivity index (χ0v) is 18.6. The van der Waals surface area contributed by atoms with Crippen molar-refractivity contribution in [2.24, 2.45) is 7.05 Å². The lowest BCUT2D eigenvalue weighted by atomic mass is 9.69. The summed E-state index contributed by atoms with van der Waals surface area (Å²) >= 11 is 0. The van der Waals surface area contributed by atoms with E-state index in [1.165, 1.54) is 66.3 Å². The quantitative estimate of drug-likeness (QED) is 0.241. The molecule has 3 aliphatic carbocycles. The van der Waals surface area contributed by atoms with E-state index in [4.69, 9.17) is 0 Å². The highest BCUT2D eigenvalue weighted by molar-refractivity contribution is 6.15. The van der Waals surface area contributed by atoms with Gasteiger partial charge >= 0.3 is 0 Å². The lowest BCUT2D eigenvalue weighted by Crippen LogP contribution is -2.27. The van der Waals surface area contributed by atoms with E-state index in [-0.39, 0.29) is 5.41 Å². The number of fused-ring (bicyclic) bond motifs is 13. The molecular formula is C32H23N. The Morgan fingerprint density at radius 3 is 2.30 bits per heavy atom. The molecule has 8 rings (SSSR count). The summed E-state index contributed by atoms with van der Waals surface area (Å²) in [6, 6.07) is 31.9. The fourth-order valence-electron chi connectivity index (χ4n) is 7.12. The number of rotatable bonds is 0. The van der Waals surface area contributed by atoms with E-state index in [2.05, 4.69) is 109 Å². The van der Waals surface area contributed by atoms with Crippen molar-refractivity contribution in [1.82, 2.24) is 4.57 Å². The van der Waals surface area contributed by atoms with Crippen molar-refractivity contribution in [2.45, 2.75) is 18.3 Å². The number of hydrogen-bond acceptors (Lipinski definition) is 0. The van der Waals surface area contributed by atoms with Crippen LogP contribution in [0.15, 0.2) is 103 Å². The standard InChI is InChI=1S/C32H23N/c1-33-29-17-9-5-12-22(29)23-18-19-28-30(31(23)33)24-13-4-8-16-27(24)32(28)25-14-6-2-10-20(25)21-11-3-7-15-26(21)32/h2,4-10,12-19H,3,11H2,1H3. The molecule has 0 N–H and O–H groups in total. The number of benzene rings is 4. The Hall–Kier alpha value is -3.84. The molecule has 1 heterocycles. The highest BCUT2D eigenvalue weighted by Gasteiger charge is 2.52. The van der Waals surface area contributed by atoms with Crippen LogP contribution in [0.5, 0.6) is 0 Å². The van der Waals surface area contributed by atoms with Gasteiger partial charge in [0.25, 0.3) is 0 Å². The van der Waals surface area contributed by atoms with Crippen molar-refractivity contribution in [3.63, 3.8) is 0 Å². The summed E-state index contributed by atoms with van der Waals surface area (Å²) in [6.07, 6.45) is 7.05. The van der Waals surface area contributed by atoms with Crippen LogP contribution >= 0.6 is 0 Å². The van der Waals surface area contributed by atoms with Crippen molar-refractivity contribution in [3.8, 4) is 11.1 Å². The van der Waals surface area contributed by atoms with Crippen LogP contribution in [-0.2, 0) is 12.5 Å². The van der Waals surface area contributed by atoms with Gasteiger partial charge in [0.2, 0.25) is 0 Å². The third-order valence-electron chi connectivity index (χ3n) is 8.30. The first-order chi connectivity index (χ1) is 16.3. The average Bonchev–Trinajstić information content (AvgIpc) is 3.46. The van der Waals surface area contributed by atoms with Crippen molar-refractivity contribution < 1.29 is 0 Å². The fraction of sp³-hybridized carbons (Fsp3) is 0.125. The highest BCUT2D eigenvalue weighted by Crippen LogP contribution is 2.64. The van der Waals surface area contributed by atoms with Gasteiger partial charge < -0.3 is 4.57 Å². The molecule has 0 fully saturated rings. The predicted molar refractivity (Wildman–Crippen MR) is 137 cm³/mol. The fourth-order valence-corrected chi connectivity index (χ4v) is 7.12. The second-order valence-electron chi connectivity index (χ2n) is 9.63. The average molecular weight is 422 g/mol. The number of aromatic nitrogens is 1. The van der Waals surface area contributed by atoms with E-state index < -0.39 is 0 Å². The van der Waals surface area contributed by atoms with E-state index in [1.807, 2.05) is 0 Å². The maximum Gasteiger partial charge on any atom is 0.0722 e. The minimum absolute atomic E-state index is 0.223. The number of para-hydroxylation sites is 1. The van der Waals surface area contributed by atoms with Gasteiger partial charge in [-0.15, -0.1) is 0 Å². The molecule has 0 bridgehead atoms. The molecule has 0 amide bonds. The van der Waals surface area contributed by atoms with Gasteiger partial charge in [0, 0.05) is 28.9 Å². The molecule has 5 aromatic rings. The van der Waals surface area contributed by atoms with Gasteiger partial charge in [0.05, 0.1) is 10.9 Å². The smallest absolute Gasteiger partial charge is 0.0722 e. The highest BCUT2D eigenvalue weighted by atomic mass is 14.9. The second-order valence-corrected chi connectivity index (χ2v) is 9.63. The molecule has 0 saturated heterocycles. The molecule has 4 aromatic carbocycles. The predicted octanol–water partition coefficient (Wildman–Crippen LogP) is 7.76. The first-order valence-electron chi connectivity index (χ1n) is 11.9. The van der Waals surface area contributed by atoms with Gasteiger partial charge in [-0.3, -0.25) is 0 Å². The molecule has 1 spiro atoms. The monoisotopic (exact) mass is 421 g/mol. The van der Waals surface area contributed by atoms with Crippen LogP contribution in [0.2, 0.25) is 0 Å². The number of aryl methyl sites for hydroxylation is 1. The van der Waals surface area contributed by atoms with E-state index in [1.54, 1.807) is 0 Å². The van der Waals surface area contributed by atoms with Crippen LogP contribution < -0.4 is 0 Å². The van der Waals surface area contributed by atoms with Crippen LogP contribution in [-0.4, -0.2) is 4.57 Å². The Morgan fingerprint density at radius 2 is 1.42 bits per heavy atom. The van der Waals surface area contributed by atoms with Crippen molar-refractivity contribution in [3.05, 3.63) is 125 Å². The summed E-state index contributed by atoms with van der Waals surface area (Å²) in [6.45, 7) is 0. The zero-order valence-electron chi connectivity index (χ0n) is 18.6. The van der Waals surface area contributed by atoms with Crippen molar-refractivity contribution >= 4 is 27.4 Å². The van der Waals surface area contributed by atoms with Crippen LogP contribution in [0.3, 0.4) is 0 Å². The Balaban J connectivity index is 1.62. The topological polar surface area (TPSA) is 4.93 Å². The Labute approximate surface area is 193 Å². The summed E-state index contributed by atoms with van der Waals surface area (Å²) in [5.41, 5.74) is 14.0. The van der Waals surface area contributed by atoms with Gasteiger partial charge in [-0.25, -0.2) is 0 Å². The lowest BCUT2D eigenvalue weighted by Gasteiger charge is -2.32. The molecule has 0 saturated carbocycles. The third kappa shape index (κ3) is 1.88. The molecule has 33 heavy (non-hydrogen) atoms. The molecule has 0 radical (unpaired) electrons. The summed E-state index contributed by atoms with van der Waals surface area (Å²) < 4.78 is 2.41. The normalized spacial score (nSPS) is 19.9. The Bertz CT molecular complexity index is 1720. The van der Waals surface area contributed by atoms with E-state index >= 15 is 0 Å². The minimum Gasteiger partial charge on any atom is -0.343 e. The molecule has 1 heteroatoms. The van der Waals surface area contributed by atoms with Crippen molar-refractivity contribution in [2.75, 3.05) is 0 Å². The summed E-state index contributed by atoms with van der Waals surface area (Å²) in [5.74, 6) is 0. The van der Waals surface area contributed by atoms with Gasteiger partial charge in [-0.1, -0.05) is 91.0 Å². The van der Waals surface area contributed by atoms with E-state index in [0.717, 1.165) is 12.8 Å². The molecular weight excluding hydrogens is 398 g/mol. The minimum atomic E-state index is -0.223.